The van der Waals surface area contributed by atoms with Crippen LogP contribution in [0.1, 0.15) is 12.0 Å². The Hall–Kier alpha value is -2.69. The minimum atomic E-state index is -4.00. The van der Waals surface area contributed by atoms with Gasteiger partial charge in [0.15, 0.2) is 0 Å². The van der Waals surface area contributed by atoms with E-state index in [1.165, 1.54) is 17.7 Å². The van der Waals surface area contributed by atoms with Crippen molar-refractivity contribution in [1.29, 1.82) is 0 Å². The number of ether oxygens (including phenoxy) is 1. The van der Waals surface area contributed by atoms with Crippen LogP contribution in [0.2, 0.25) is 0 Å². The van der Waals surface area contributed by atoms with Gasteiger partial charge in [-0.1, -0.05) is 12.1 Å². The van der Waals surface area contributed by atoms with E-state index in [0.29, 0.717) is 18.8 Å². The quantitative estimate of drug-likeness (QED) is 0.560. The third-order valence-corrected chi connectivity index (χ3v) is 5.88. The van der Waals surface area contributed by atoms with E-state index in [1.54, 1.807) is 7.11 Å². The van der Waals surface area contributed by atoms with Crippen LogP contribution in [0.5, 0.6) is 5.75 Å². The maximum absolute atomic E-state index is 11.5. The van der Waals surface area contributed by atoms with Gasteiger partial charge in [0.2, 0.25) is 10.0 Å². The fourth-order valence-corrected chi connectivity index (χ4v) is 3.99. The summed E-state index contributed by atoms with van der Waals surface area (Å²) in [4.78, 5) is 14.9. The molecule has 0 amide bonds. The van der Waals surface area contributed by atoms with Gasteiger partial charge in [-0.3, -0.25) is 15.0 Å². The molecular formula is C19H24N4O5S. The number of rotatable bonds is 6. The van der Waals surface area contributed by atoms with E-state index in [4.69, 9.17) is 9.88 Å². The van der Waals surface area contributed by atoms with E-state index in [0.717, 1.165) is 37.9 Å². The van der Waals surface area contributed by atoms with Crippen molar-refractivity contribution in [2.75, 3.05) is 38.2 Å². The Kier molecular flexibility index (Phi) is 6.36. The lowest BCUT2D eigenvalue weighted by Crippen LogP contribution is -2.31. The maximum Gasteiger partial charge on any atom is 0.293 e. The molecule has 1 aliphatic rings. The van der Waals surface area contributed by atoms with Crippen molar-refractivity contribution >= 4 is 21.4 Å². The van der Waals surface area contributed by atoms with Gasteiger partial charge >= 0.3 is 0 Å². The first-order valence-corrected chi connectivity index (χ1v) is 10.7. The van der Waals surface area contributed by atoms with Crippen LogP contribution in [-0.2, 0) is 16.6 Å². The highest BCUT2D eigenvalue weighted by Gasteiger charge is 2.24. The monoisotopic (exact) mass is 420 g/mol. The maximum atomic E-state index is 11.5. The number of hydrogen-bond acceptors (Lipinski definition) is 7. The van der Waals surface area contributed by atoms with Crippen molar-refractivity contribution < 1.29 is 18.1 Å². The zero-order valence-corrected chi connectivity index (χ0v) is 17.0. The molecule has 0 radical (unpaired) electrons. The highest BCUT2D eigenvalue weighted by Crippen LogP contribution is 2.31. The second kappa shape index (κ2) is 8.76. The van der Waals surface area contributed by atoms with Crippen molar-refractivity contribution in [2.24, 2.45) is 5.14 Å². The van der Waals surface area contributed by atoms with Gasteiger partial charge in [0, 0.05) is 38.8 Å². The Morgan fingerprint density at radius 1 is 1.10 bits per heavy atom. The summed E-state index contributed by atoms with van der Waals surface area (Å²) in [6.07, 6.45) is 0.838. The molecule has 2 aromatic rings. The normalized spacial score (nSPS) is 15.7. The first kappa shape index (κ1) is 21.0. The van der Waals surface area contributed by atoms with Gasteiger partial charge in [-0.25, -0.2) is 13.6 Å². The second-order valence-corrected chi connectivity index (χ2v) is 8.48. The van der Waals surface area contributed by atoms with Crippen LogP contribution in [0, 0.1) is 10.1 Å². The molecule has 0 atom stereocenters. The van der Waals surface area contributed by atoms with Crippen LogP contribution in [0.25, 0.3) is 0 Å². The molecule has 0 bridgehead atoms. The van der Waals surface area contributed by atoms with Gasteiger partial charge < -0.3 is 9.64 Å². The largest absolute Gasteiger partial charge is 0.497 e. The summed E-state index contributed by atoms with van der Waals surface area (Å²) in [5.41, 5.74) is 1.33. The lowest BCUT2D eigenvalue weighted by molar-refractivity contribution is -0.384. The Labute approximate surface area is 169 Å². The Balaban J connectivity index is 1.74. The van der Waals surface area contributed by atoms with Crippen molar-refractivity contribution in [2.45, 2.75) is 17.9 Å². The number of nitro groups is 1. The zero-order chi connectivity index (χ0) is 21.0. The van der Waals surface area contributed by atoms with E-state index in [1.807, 2.05) is 29.2 Å². The highest BCUT2D eigenvalue weighted by atomic mass is 32.2. The summed E-state index contributed by atoms with van der Waals surface area (Å²) in [5, 5.41) is 16.6. The highest BCUT2D eigenvalue weighted by molar-refractivity contribution is 7.89. The molecule has 1 aliphatic heterocycles. The molecule has 3 rings (SSSR count). The van der Waals surface area contributed by atoms with Crippen LogP contribution in [-0.4, -0.2) is 51.5 Å². The number of nitrogens with two attached hydrogens (primary N) is 1. The van der Waals surface area contributed by atoms with Gasteiger partial charge in [0.05, 0.1) is 16.9 Å². The molecule has 10 heteroatoms. The molecule has 9 nitrogen and oxygen atoms in total. The number of anilines is 1. The molecule has 0 saturated carbocycles. The van der Waals surface area contributed by atoms with Crippen molar-refractivity contribution in [3.05, 3.63) is 58.1 Å². The van der Waals surface area contributed by atoms with Crippen LogP contribution in [0.3, 0.4) is 0 Å². The van der Waals surface area contributed by atoms with Gasteiger partial charge in [-0.05, 0) is 36.2 Å². The van der Waals surface area contributed by atoms with Crippen LogP contribution in [0.15, 0.2) is 47.4 Å². The summed E-state index contributed by atoms with van der Waals surface area (Å²) in [6.45, 7) is 3.64. The predicted molar refractivity (Wildman–Crippen MR) is 110 cm³/mol. The van der Waals surface area contributed by atoms with E-state index < -0.39 is 14.9 Å². The van der Waals surface area contributed by atoms with Crippen molar-refractivity contribution in [3.8, 4) is 5.75 Å². The zero-order valence-electron chi connectivity index (χ0n) is 16.2. The summed E-state index contributed by atoms with van der Waals surface area (Å²) in [7, 11) is -2.37. The molecule has 1 fully saturated rings. The van der Waals surface area contributed by atoms with Crippen LogP contribution < -0.4 is 14.8 Å². The van der Waals surface area contributed by atoms with E-state index in [2.05, 4.69) is 4.90 Å². The standard InChI is InChI=1S/C19H24N4O5S/c1-28-16-5-3-15(4-6-16)14-21-9-2-10-22(12-11-21)18-8-7-17(29(20,26)27)13-19(18)23(24)25/h3-8,13H,2,9-12,14H2,1H3,(H2,20,26,27). The van der Waals surface area contributed by atoms with Gasteiger partial charge in [0.1, 0.15) is 11.4 Å². The van der Waals surface area contributed by atoms with Crippen LogP contribution >= 0.6 is 0 Å². The summed E-state index contributed by atoms with van der Waals surface area (Å²) >= 11 is 0. The summed E-state index contributed by atoms with van der Waals surface area (Å²) < 4.78 is 28.2. The topological polar surface area (TPSA) is 119 Å². The second-order valence-electron chi connectivity index (χ2n) is 6.92. The fourth-order valence-electron chi connectivity index (χ4n) is 3.45. The van der Waals surface area contributed by atoms with Crippen molar-refractivity contribution in [1.82, 2.24) is 4.90 Å². The summed E-state index contributed by atoms with van der Waals surface area (Å²) in [5.74, 6) is 0.811. The number of sulfonamides is 1. The van der Waals surface area contributed by atoms with Crippen LogP contribution in [0.4, 0.5) is 11.4 Å². The average molecular weight is 420 g/mol. The molecule has 1 saturated heterocycles. The molecule has 2 N–H and O–H groups in total. The molecule has 0 spiro atoms. The molecule has 0 aliphatic carbocycles. The van der Waals surface area contributed by atoms with E-state index in [-0.39, 0.29) is 10.6 Å². The minimum Gasteiger partial charge on any atom is -0.497 e. The lowest BCUT2D eigenvalue weighted by atomic mass is 10.2. The van der Waals surface area contributed by atoms with Gasteiger partial charge in [-0.2, -0.15) is 0 Å². The first-order valence-electron chi connectivity index (χ1n) is 9.19. The Morgan fingerprint density at radius 3 is 2.45 bits per heavy atom. The lowest BCUT2D eigenvalue weighted by Gasteiger charge is -2.23. The third kappa shape index (κ3) is 5.22. The smallest absolute Gasteiger partial charge is 0.293 e. The SMILES string of the molecule is COc1ccc(CN2CCCN(c3ccc(S(N)(=O)=O)cc3[N+](=O)[O-])CC2)cc1. The molecule has 156 valence electrons. The molecule has 1 heterocycles. The first-order chi connectivity index (χ1) is 13.8. The molecular weight excluding hydrogens is 396 g/mol. The van der Waals surface area contributed by atoms with Gasteiger partial charge in [0.25, 0.3) is 5.69 Å². The number of nitro benzene ring substituents is 1. The average Bonchev–Trinajstić information content (AvgIpc) is 2.93. The Bertz CT molecular complexity index is 979. The minimum absolute atomic E-state index is 0.250. The Morgan fingerprint density at radius 2 is 1.83 bits per heavy atom. The van der Waals surface area contributed by atoms with E-state index >= 15 is 0 Å². The predicted octanol–water partition coefficient (Wildman–Crippen LogP) is 1.96. The summed E-state index contributed by atoms with van der Waals surface area (Å²) in [6, 6.07) is 11.7. The van der Waals surface area contributed by atoms with Gasteiger partial charge in [-0.15, -0.1) is 0 Å². The molecule has 2 aromatic carbocycles. The van der Waals surface area contributed by atoms with Crippen molar-refractivity contribution in [3.63, 3.8) is 0 Å². The third-order valence-electron chi connectivity index (χ3n) is 4.97. The van der Waals surface area contributed by atoms with E-state index in [9.17, 15) is 18.5 Å². The molecule has 0 unspecified atom stereocenters. The number of benzene rings is 2. The molecule has 0 aromatic heterocycles. The number of primary sulfonamides is 1. The number of methoxy groups -OCH3 is 1. The number of nitrogens with zero attached hydrogens (tertiary/aromatic N) is 3. The molecule has 29 heavy (non-hydrogen) atoms. The number of hydrogen-bond donors (Lipinski definition) is 1. The fraction of sp³-hybridized carbons (Fsp3) is 0.368.